The van der Waals surface area contributed by atoms with E-state index < -0.39 is 29.4 Å². The van der Waals surface area contributed by atoms with E-state index in [1.807, 2.05) is 48.5 Å². The standard InChI is InChI=1S/C64H80O14/c1-35-25-49-52(31-58(66)74-49)73-57-30-51-53(78-63(57,4)32-35)26-37(3)60-48(71-51)19-11-10-18-44-45(75-60)20-12-22-47-46(70-44)21-13-23-56-64(5,77-47)33-55-50(72-56)29-54-61(76-55)43(65)28-40(69-54)24-36(2)34-68-62(67)59-41-16-8-6-14-38(41)27-39-15-7-9-17-42(39)59/h6-12,14-17,22,27,35,37,40,43-57,60-61,65H,2,13,18-21,23-26,28-34H2,1,3-5H3/b11-10-,22-12-/t35-,37+,40-,43+,44?,45+,46?,47-,48?,49+,50?,51?,52?,53+,54?,55-,56?,57?,60-,61+,63-,64+/m1/s1. The Balaban J connectivity index is 0.635. The van der Waals surface area contributed by atoms with Gasteiger partial charge in [0, 0.05) is 25.7 Å². The number of esters is 2. The second-order valence-electron chi connectivity index (χ2n) is 25.4. The molecule has 8 fully saturated rings. The number of carbonyl (C=O) groups excluding carboxylic acids is 2. The van der Waals surface area contributed by atoms with Crippen molar-refractivity contribution >= 4 is 33.5 Å². The molecule has 1 N–H and O–H groups in total. The summed E-state index contributed by atoms with van der Waals surface area (Å²) in [5, 5.41) is 15.3. The summed E-state index contributed by atoms with van der Waals surface area (Å²) in [5.74, 6) is -0.0819. The maximum Gasteiger partial charge on any atom is 0.339 e. The third-order valence-corrected chi connectivity index (χ3v) is 19.4. The van der Waals surface area contributed by atoms with Crippen LogP contribution in [-0.2, 0) is 56.9 Å². The molecule has 420 valence electrons. The number of fused-ring (bicyclic) bond motifs is 11. The summed E-state index contributed by atoms with van der Waals surface area (Å²) >= 11 is 0. The van der Waals surface area contributed by atoms with E-state index in [1.165, 1.54) is 0 Å². The van der Waals surface area contributed by atoms with Crippen molar-refractivity contribution in [2.24, 2.45) is 11.8 Å². The molecule has 0 aromatic heterocycles. The van der Waals surface area contributed by atoms with E-state index in [0.717, 1.165) is 78.5 Å². The highest BCUT2D eigenvalue weighted by Crippen LogP contribution is 2.49. The van der Waals surface area contributed by atoms with Crippen LogP contribution in [0.4, 0.5) is 0 Å². The molecule has 0 bridgehead atoms. The van der Waals surface area contributed by atoms with Crippen LogP contribution in [-0.4, -0.2) is 145 Å². The molecule has 14 nitrogen and oxygen atoms in total. The highest BCUT2D eigenvalue weighted by molar-refractivity contribution is 6.16. The van der Waals surface area contributed by atoms with Gasteiger partial charge in [-0.2, -0.15) is 0 Å². The zero-order valence-corrected chi connectivity index (χ0v) is 45.8. The van der Waals surface area contributed by atoms with E-state index in [0.29, 0.717) is 50.0 Å². The van der Waals surface area contributed by atoms with Gasteiger partial charge in [0.1, 0.15) is 31.0 Å². The first-order valence-corrected chi connectivity index (χ1v) is 29.6. The summed E-state index contributed by atoms with van der Waals surface area (Å²) in [6.45, 7) is 13.2. The van der Waals surface area contributed by atoms with Crippen LogP contribution in [0.1, 0.15) is 134 Å². The van der Waals surface area contributed by atoms with E-state index in [2.05, 4.69) is 64.6 Å². The van der Waals surface area contributed by atoms with Gasteiger partial charge in [0.25, 0.3) is 0 Å². The predicted molar refractivity (Wildman–Crippen MR) is 290 cm³/mol. The zero-order chi connectivity index (χ0) is 53.5. The number of benzene rings is 3. The number of hydrogen-bond acceptors (Lipinski definition) is 14. The van der Waals surface area contributed by atoms with Crippen LogP contribution in [0.5, 0.6) is 0 Å². The molecule has 3 aromatic carbocycles. The Bertz CT molecular complexity index is 2720. The van der Waals surface area contributed by atoms with Gasteiger partial charge in [0.15, 0.2) is 0 Å². The Hall–Kier alpha value is -4.06. The summed E-state index contributed by atoms with van der Waals surface area (Å²) in [4.78, 5) is 26.2. The molecular formula is C64H80O14. The lowest BCUT2D eigenvalue weighted by Gasteiger charge is -2.55. The molecule has 0 aliphatic carbocycles. The molecule has 14 heteroatoms. The maximum absolute atomic E-state index is 13.7. The highest BCUT2D eigenvalue weighted by Gasteiger charge is 2.57. The van der Waals surface area contributed by atoms with Gasteiger partial charge in [0.05, 0.1) is 109 Å². The van der Waals surface area contributed by atoms with Crippen LogP contribution < -0.4 is 0 Å². The quantitative estimate of drug-likeness (QED) is 0.146. The van der Waals surface area contributed by atoms with E-state index in [9.17, 15) is 14.7 Å². The van der Waals surface area contributed by atoms with E-state index in [-0.39, 0.29) is 123 Å². The first-order valence-electron chi connectivity index (χ1n) is 29.6. The Morgan fingerprint density at radius 3 is 2.15 bits per heavy atom. The second kappa shape index (κ2) is 21.7. The Morgan fingerprint density at radius 2 is 1.35 bits per heavy atom. The minimum Gasteiger partial charge on any atom is -0.459 e. The summed E-state index contributed by atoms with van der Waals surface area (Å²) in [6.07, 6.45) is 14.4. The van der Waals surface area contributed by atoms with Crippen molar-refractivity contribution < 1.29 is 66.8 Å². The van der Waals surface area contributed by atoms with Crippen molar-refractivity contribution in [1.82, 2.24) is 0 Å². The normalized spacial score (nSPS) is 45.2. The zero-order valence-electron chi connectivity index (χ0n) is 45.8. The number of hydrogen-bond donors (Lipinski definition) is 1. The minimum absolute atomic E-state index is 0.0486. The molecule has 10 heterocycles. The minimum atomic E-state index is -0.745. The van der Waals surface area contributed by atoms with Crippen LogP contribution in [0.15, 0.2) is 91.1 Å². The molecule has 78 heavy (non-hydrogen) atoms. The van der Waals surface area contributed by atoms with Crippen molar-refractivity contribution in [3.8, 4) is 0 Å². The average Bonchev–Trinajstić information content (AvgIpc) is 3.89. The third-order valence-electron chi connectivity index (χ3n) is 19.4. The number of carbonyl (C=O) groups is 2. The molecule has 10 aliphatic heterocycles. The van der Waals surface area contributed by atoms with E-state index in [4.69, 9.17) is 52.1 Å². The van der Waals surface area contributed by atoms with Crippen molar-refractivity contribution in [2.75, 3.05) is 6.61 Å². The molecule has 0 radical (unpaired) electrons. The van der Waals surface area contributed by atoms with Crippen LogP contribution in [0.3, 0.4) is 0 Å². The number of rotatable bonds is 5. The highest BCUT2D eigenvalue weighted by atomic mass is 16.6. The fourth-order valence-electron chi connectivity index (χ4n) is 15.7. The Kier molecular flexibility index (Phi) is 14.8. The molecule has 10 aliphatic rings. The first kappa shape index (κ1) is 53.3. The van der Waals surface area contributed by atoms with Gasteiger partial charge in [-0.3, -0.25) is 4.79 Å². The van der Waals surface area contributed by atoms with E-state index >= 15 is 0 Å². The molecule has 22 atom stereocenters. The van der Waals surface area contributed by atoms with Gasteiger partial charge >= 0.3 is 11.9 Å². The fourth-order valence-corrected chi connectivity index (χ4v) is 15.7. The second-order valence-corrected chi connectivity index (χ2v) is 25.4. The molecule has 9 unspecified atom stereocenters. The number of ether oxygens (including phenoxy) is 11. The smallest absolute Gasteiger partial charge is 0.339 e. The first-order chi connectivity index (χ1) is 37.7. The van der Waals surface area contributed by atoms with Crippen molar-refractivity contribution in [2.45, 2.75) is 245 Å². The lowest BCUT2D eigenvalue weighted by Crippen LogP contribution is -2.65. The summed E-state index contributed by atoms with van der Waals surface area (Å²) in [6, 6.07) is 17.9. The fraction of sp³-hybridized carbons (Fsp3) is 0.656. The van der Waals surface area contributed by atoms with Gasteiger partial charge in [-0.1, -0.05) is 93.3 Å². The van der Waals surface area contributed by atoms with Crippen molar-refractivity contribution in [3.05, 3.63) is 96.6 Å². The van der Waals surface area contributed by atoms with Gasteiger partial charge < -0.3 is 57.2 Å². The summed E-state index contributed by atoms with van der Waals surface area (Å²) in [7, 11) is 0. The Labute approximate surface area is 458 Å². The average molecular weight is 1070 g/mol. The monoisotopic (exact) mass is 1070 g/mol. The maximum atomic E-state index is 13.7. The lowest BCUT2D eigenvalue weighted by atomic mass is 9.78. The van der Waals surface area contributed by atoms with Crippen LogP contribution in [0.2, 0.25) is 0 Å². The van der Waals surface area contributed by atoms with Gasteiger partial charge in [-0.05, 0) is 123 Å². The SMILES string of the molecule is C=C(COC(=O)c1c2ccccc2cc2ccccc12)C[C@@H]1C[C@H](O)[C@@H]2O[C@@H]3C[C@]4(C)O[C@@H]5/C=C\C[C@@H]6O[C@H]7C(C/C=C\CC6OC5CCCC4OC3CC2O1)OC1CC2OC3CC(=O)O[C@H]3C[C@@H](C)C[C@@]2(C)O[C@H]1C[C@@H]7C. The van der Waals surface area contributed by atoms with Crippen LogP contribution >= 0.6 is 0 Å². The summed E-state index contributed by atoms with van der Waals surface area (Å²) in [5.41, 5.74) is 0.117. The Morgan fingerprint density at radius 1 is 0.654 bits per heavy atom. The van der Waals surface area contributed by atoms with Crippen molar-refractivity contribution in [3.63, 3.8) is 0 Å². The van der Waals surface area contributed by atoms with Gasteiger partial charge in [0.2, 0.25) is 0 Å². The summed E-state index contributed by atoms with van der Waals surface area (Å²) < 4.78 is 75.0. The lowest BCUT2D eigenvalue weighted by molar-refractivity contribution is -0.316. The molecular weight excluding hydrogens is 993 g/mol. The molecule has 0 spiro atoms. The van der Waals surface area contributed by atoms with Crippen LogP contribution in [0, 0.1) is 11.8 Å². The molecule has 13 rings (SSSR count). The van der Waals surface area contributed by atoms with Gasteiger partial charge in [-0.25, -0.2) is 4.79 Å². The molecule has 3 aromatic rings. The van der Waals surface area contributed by atoms with E-state index in [1.54, 1.807) is 0 Å². The molecule has 0 amide bonds. The van der Waals surface area contributed by atoms with Crippen molar-refractivity contribution in [1.29, 1.82) is 0 Å². The third kappa shape index (κ3) is 10.5. The number of aliphatic hydroxyl groups excluding tert-OH is 1. The predicted octanol–water partition coefficient (Wildman–Crippen LogP) is 9.92. The number of aliphatic hydroxyl groups is 1. The largest absolute Gasteiger partial charge is 0.459 e. The molecule has 0 saturated carbocycles. The molecule has 8 saturated heterocycles. The topological polar surface area (TPSA) is 156 Å². The van der Waals surface area contributed by atoms with Gasteiger partial charge in [-0.15, -0.1) is 0 Å². The van der Waals surface area contributed by atoms with Crippen LogP contribution in [0.25, 0.3) is 21.5 Å².